The second-order valence-electron chi connectivity index (χ2n) is 1.12. The number of hydrogen-bond acceptors (Lipinski definition) is 5. The van der Waals surface area contributed by atoms with E-state index in [2.05, 4.69) is 15.5 Å². The molecule has 1 unspecified atom stereocenters. The van der Waals surface area contributed by atoms with Crippen LogP contribution in [0.15, 0.2) is 12.8 Å². The van der Waals surface area contributed by atoms with Gasteiger partial charge in [0, 0.05) is 0 Å². The van der Waals surface area contributed by atoms with Gasteiger partial charge in [0.1, 0.15) is 0 Å². The second kappa shape index (κ2) is 5.10. The summed E-state index contributed by atoms with van der Waals surface area (Å²) < 4.78 is 27.3. The molecule has 0 aliphatic carbocycles. The molecular formula is C4H5O5S-. The summed E-state index contributed by atoms with van der Waals surface area (Å²) in [6, 6.07) is 0. The van der Waals surface area contributed by atoms with E-state index in [0.717, 1.165) is 6.26 Å². The van der Waals surface area contributed by atoms with Crippen LogP contribution in [0.1, 0.15) is 0 Å². The Bertz CT molecular complexity index is 154. The molecule has 5 nitrogen and oxygen atoms in total. The number of esters is 1. The Morgan fingerprint density at radius 2 is 2.40 bits per heavy atom. The molecule has 0 N–H and O–H groups in total. The Morgan fingerprint density at radius 3 is 2.80 bits per heavy atom. The molecular weight excluding hydrogens is 160 g/mol. The van der Waals surface area contributed by atoms with Crippen molar-refractivity contribution < 1.29 is 22.5 Å². The molecule has 0 aromatic heterocycles. The summed E-state index contributed by atoms with van der Waals surface area (Å²) in [4.78, 5) is 10.3. The Balaban J connectivity index is 3.39. The van der Waals surface area contributed by atoms with E-state index in [1.165, 1.54) is 0 Å². The smallest absolute Gasteiger partial charge is 0.338 e. The fraction of sp³-hybridized carbons (Fsp3) is 0.250. The zero-order chi connectivity index (χ0) is 7.98. The maximum absolute atomic E-state index is 10.3. The highest BCUT2D eigenvalue weighted by Crippen LogP contribution is 1.82. The summed E-state index contributed by atoms with van der Waals surface area (Å²) >= 11 is -2.67. The first kappa shape index (κ1) is 9.28. The third kappa shape index (κ3) is 5.42. The zero-order valence-electron chi connectivity index (χ0n) is 4.94. The van der Waals surface area contributed by atoms with Crippen molar-refractivity contribution in [2.24, 2.45) is 0 Å². The Hall–Kier alpha value is -0.720. The quantitative estimate of drug-likeness (QED) is 0.318. The van der Waals surface area contributed by atoms with E-state index in [1.54, 1.807) is 0 Å². The van der Waals surface area contributed by atoms with Gasteiger partial charge in [0.15, 0.2) is 6.61 Å². The summed E-state index contributed by atoms with van der Waals surface area (Å²) in [5.41, 5.74) is 0. The van der Waals surface area contributed by atoms with Crippen molar-refractivity contribution in [1.29, 1.82) is 0 Å². The topological polar surface area (TPSA) is 75.7 Å². The monoisotopic (exact) mass is 165 g/mol. The van der Waals surface area contributed by atoms with Crippen LogP contribution in [0, 0.1) is 0 Å². The fourth-order valence-electron chi connectivity index (χ4n) is 0.223. The average Bonchev–Trinajstić information content (AvgIpc) is 1.85. The van der Waals surface area contributed by atoms with E-state index in [0.29, 0.717) is 0 Å². The number of ether oxygens (including phenoxy) is 1. The van der Waals surface area contributed by atoms with E-state index in [4.69, 9.17) is 0 Å². The molecule has 6 heteroatoms. The first-order valence-corrected chi connectivity index (χ1v) is 3.19. The van der Waals surface area contributed by atoms with E-state index in [1.807, 2.05) is 0 Å². The minimum Gasteiger partial charge on any atom is -0.750 e. The molecule has 0 aliphatic heterocycles. The third-order valence-electron chi connectivity index (χ3n) is 0.488. The number of hydrogen-bond donors (Lipinski definition) is 0. The van der Waals surface area contributed by atoms with Crippen molar-refractivity contribution in [1.82, 2.24) is 0 Å². The van der Waals surface area contributed by atoms with Crippen molar-refractivity contribution in [3.8, 4) is 0 Å². The Labute approximate surface area is 60.1 Å². The largest absolute Gasteiger partial charge is 0.750 e. The lowest BCUT2D eigenvalue weighted by atomic mass is 10.7. The summed E-state index contributed by atoms with van der Waals surface area (Å²) in [5, 5.41) is 0. The number of carbonyl (C=O) groups excluding carboxylic acids is 1. The number of rotatable bonds is 4. The van der Waals surface area contributed by atoms with Crippen LogP contribution in [0.4, 0.5) is 0 Å². The van der Waals surface area contributed by atoms with Gasteiger partial charge >= 0.3 is 5.97 Å². The fourth-order valence-corrected chi connectivity index (χ4v) is 0.416. The average molecular weight is 165 g/mol. The molecule has 1 atom stereocenters. The van der Waals surface area contributed by atoms with Crippen molar-refractivity contribution in [3.05, 3.63) is 12.8 Å². The molecule has 0 saturated carbocycles. The maximum atomic E-state index is 10.3. The van der Waals surface area contributed by atoms with Crippen LogP contribution < -0.4 is 0 Å². The van der Waals surface area contributed by atoms with E-state index >= 15 is 0 Å². The zero-order valence-corrected chi connectivity index (χ0v) is 5.76. The molecule has 10 heavy (non-hydrogen) atoms. The Kier molecular flexibility index (Phi) is 4.73. The molecule has 0 fully saturated rings. The minimum atomic E-state index is -2.67. The van der Waals surface area contributed by atoms with Crippen LogP contribution in [0.25, 0.3) is 0 Å². The normalized spacial score (nSPS) is 12.1. The third-order valence-corrected chi connectivity index (χ3v) is 0.798. The molecule has 0 aromatic rings. The van der Waals surface area contributed by atoms with Crippen LogP contribution in [0.2, 0.25) is 0 Å². The standard InChI is InChI=1S/C4H6O5S/c1-2-8-4(5)3-9-10(6)7/h2H,1,3H2,(H,6,7)/p-1. The van der Waals surface area contributed by atoms with Crippen LogP contribution in [-0.2, 0) is 25.1 Å². The molecule has 0 rings (SSSR count). The lowest BCUT2D eigenvalue weighted by molar-refractivity contribution is -0.140. The van der Waals surface area contributed by atoms with Crippen LogP contribution in [-0.4, -0.2) is 21.3 Å². The van der Waals surface area contributed by atoms with Crippen molar-refractivity contribution in [3.63, 3.8) is 0 Å². The molecule has 0 heterocycles. The van der Waals surface area contributed by atoms with Gasteiger partial charge in [-0.25, -0.2) is 9.00 Å². The molecule has 0 aromatic carbocycles. The van der Waals surface area contributed by atoms with Crippen LogP contribution in [0.5, 0.6) is 0 Å². The van der Waals surface area contributed by atoms with Gasteiger partial charge < -0.3 is 9.29 Å². The second-order valence-corrected chi connectivity index (χ2v) is 1.77. The molecule has 0 saturated heterocycles. The summed E-state index contributed by atoms with van der Waals surface area (Å²) in [6.07, 6.45) is 0.888. The van der Waals surface area contributed by atoms with Gasteiger partial charge in [-0.3, -0.25) is 4.18 Å². The number of carbonyl (C=O) groups is 1. The van der Waals surface area contributed by atoms with E-state index < -0.39 is 23.9 Å². The molecule has 58 valence electrons. The molecule has 0 spiro atoms. The Morgan fingerprint density at radius 1 is 1.80 bits per heavy atom. The highest BCUT2D eigenvalue weighted by molar-refractivity contribution is 7.74. The minimum absolute atomic E-state index is 0.623. The van der Waals surface area contributed by atoms with Crippen molar-refractivity contribution in [2.45, 2.75) is 0 Å². The van der Waals surface area contributed by atoms with Crippen molar-refractivity contribution >= 4 is 17.3 Å². The lowest BCUT2D eigenvalue weighted by Crippen LogP contribution is -2.10. The maximum Gasteiger partial charge on any atom is 0.338 e. The van der Waals surface area contributed by atoms with Gasteiger partial charge in [-0.1, -0.05) is 6.58 Å². The summed E-state index contributed by atoms with van der Waals surface area (Å²) in [6.45, 7) is 2.45. The van der Waals surface area contributed by atoms with Gasteiger partial charge in [0.05, 0.1) is 17.6 Å². The highest BCUT2D eigenvalue weighted by atomic mass is 32.2. The van der Waals surface area contributed by atoms with E-state index in [9.17, 15) is 13.6 Å². The highest BCUT2D eigenvalue weighted by Gasteiger charge is 1.99. The van der Waals surface area contributed by atoms with Gasteiger partial charge in [0.25, 0.3) is 0 Å². The van der Waals surface area contributed by atoms with Gasteiger partial charge in [0.2, 0.25) is 0 Å². The first-order chi connectivity index (χ1) is 4.66. The van der Waals surface area contributed by atoms with E-state index in [-0.39, 0.29) is 0 Å². The summed E-state index contributed by atoms with van der Waals surface area (Å²) in [7, 11) is 0. The summed E-state index contributed by atoms with van der Waals surface area (Å²) in [5.74, 6) is -0.806. The predicted octanol–water partition coefficient (Wildman–Crippen LogP) is -0.516. The van der Waals surface area contributed by atoms with Crippen LogP contribution >= 0.6 is 0 Å². The molecule has 0 amide bonds. The van der Waals surface area contributed by atoms with Gasteiger partial charge in [-0.2, -0.15) is 0 Å². The SMILES string of the molecule is C=COC(=O)COS(=O)[O-]. The van der Waals surface area contributed by atoms with Gasteiger partial charge in [-0.05, 0) is 0 Å². The van der Waals surface area contributed by atoms with Crippen molar-refractivity contribution in [2.75, 3.05) is 6.61 Å². The molecule has 0 radical (unpaired) electrons. The molecule has 0 aliphatic rings. The molecule has 0 bridgehead atoms. The predicted molar refractivity (Wildman–Crippen MR) is 31.2 cm³/mol. The first-order valence-electron chi connectivity index (χ1n) is 2.19. The lowest BCUT2D eigenvalue weighted by Gasteiger charge is -2.02. The van der Waals surface area contributed by atoms with Crippen LogP contribution in [0.3, 0.4) is 0 Å². The van der Waals surface area contributed by atoms with Gasteiger partial charge in [-0.15, -0.1) is 0 Å².